The molecule has 0 aromatic carbocycles. The molecule has 21 nitrogen and oxygen atoms in total. The fourth-order valence-electron chi connectivity index (χ4n) is 6.05. The molecule has 1 saturated heterocycles. The summed E-state index contributed by atoms with van der Waals surface area (Å²) in [5.41, 5.74) is 17.0. The highest BCUT2D eigenvalue weighted by Crippen LogP contribution is 2.23. The van der Waals surface area contributed by atoms with Crippen LogP contribution < -0.4 is 43.8 Å². The fourth-order valence-corrected chi connectivity index (χ4v) is 7.18. The number of Topliss-reactive ketones (excluding diaryl/α,β-unsaturated/α-hetero) is 1. The van der Waals surface area contributed by atoms with Crippen molar-refractivity contribution in [1.82, 2.24) is 36.6 Å². The van der Waals surface area contributed by atoms with Gasteiger partial charge in [-0.3, -0.25) is 38.6 Å². The molecule has 0 bridgehead atoms. The molecule has 2 heterocycles. The molecular formula is C36H59N11O10S. The summed E-state index contributed by atoms with van der Waals surface area (Å²) in [6, 6.07) is -7.67. The zero-order valence-corrected chi connectivity index (χ0v) is 34.3. The molecule has 9 atom stereocenters. The van der Waals surface area contributed by atoms with Crippen LogP contribution in [0.4, 0.5) is 0 Å². The van der Waals surface area contributed by atoms with E-state index in [-0.39, 0.29) is 43.9 Å². The monoisotopic (exact) mass is 837 g/mol. The Morgan fingerprint density at radius 2 is 1.69 bits per heavy atom. The van der Waals surface area contributed by atoms with Gasteiger partial charge >= 0.3 is 11.9 Å². The maximum Gasteiger partial charge on any atom is 0.326 e. The highest BCUT2D eigenvalue weighted by atomic mass is 32.2. The number of H-pyrrole nitrogens is 1. The zero-order chi connectivity index (χ0) is 43.7. The lowest BCUT2D eigenvalue weighted by Crippen LogP contribution is -2.61. The molecule has 0 spiro atoms. The number of aromatic nitrogens is 2. The number of carboxylic acid groups (broad SMARTS) is 2. The summed E-state index contributed by atoms with van der Waals surface area (Å²) in [5.74, 6) is -8.90. The summed E-state index contributed by atoms with van der Waals surface area (Å²) in [7, 11) is 0. The van der Waals surface area contributed by atoms with Crippen LogP contribution in [0, 0.1) is 17.8 Å². The summed E-state index contributed by atoms with van der Waals surface area (Å²) >= 11 is 1.17. The molecule has 14 N–H and O–H groups in total. The number of nitrogens with zero attached hydrogens (tertiary/aromatic N) is 2. The summed E-state index contributed by atoms with van der Waals surface area (Å²) < 4.78 is 0. The van der Waals surface area contributed by atoms with Crippen LogP contribution in [0.1, 0.15) is 78.8 Å². The van der Waals surface area contributed by atoms with Gasteiger partial charge in [-0.25, -0.2) is 9.78 Å². The minimum absolute atomic E-state index is 0.0336. The first-order valence-electron chi connectivity index (χ1n) is 19.1. The molecule has 0 saturated carbocycles. The molecule has 1 fully saturated rings. The van der Waals surface area contributed by atoms with Crippen molar-refractivity contribution in [3.8, 4) is 0 Å². The quantitative estimate of drug-likeness (QED) is 0.0413. The molecular weight excluding hydrogens is 779 g/mol. The molecule has 2 rings (SSSR count). The van der Waals surface area contributed by atoms with Crippen LogP contribution in [0.3, 0.4) is 0 Å². The largest absolute Gasteiger partial charge is 0.481 e. The summed E-state index contributed by atoms with van der Waals surface area (Å²) in [6.07, 6.45) is 2.35. The van der Waals surface area contributed by atoms with E-state index in [1.54, 1.807) is 34.6 Å². The average Bonchev–Trinajstić information content (AvgIpc) is 3.66. The van der Waals surface area contributed by atoms with Crippen molar-refractivity contribution >= 4 is 65.0 Å². The number of aromatic amines is 1. The van der Waals surface area contributed by atoms with Crippen molar-refractivity contribution in [3.63, 3.8) is 0 Å². The van der Waals surface area contributed by atoms with Crippen LogP contribution in [0.15, 0.2) is 17.5 Å². The van der Waals surface area contributed by atoms with Crippen LogP contribution in [0.5, 0.6) is 0 Å². The Hall–Kier alpha value is -5.25. The predicted molar refractivity (Wildman–Crippen MR) is 214 cm³/mol. The van der Waals surface area contributed by atoms with Crippen LogP contribution in [0.25, 0.3) is 0 Å². The third-order valence-electron chi connectivity index (χ3n) is 9.80. The number of aliphatic imine (C=N–C) groups is 1. The lowest BCUT2D eigenvalue weighted by Gasteiger charge is -2.32. The Balaban J connectivity index is 2.44. The van der Waals surface area contributed by atoms with E-state index in [4.69, 9.17) is 22.3 Å². The summed E-state index contributed by atoms with van der Waals surface area (Å²) in [6.45, 7) is 8.69. The summed E-state index contributed by atoms with van der Waals surface area (Å²) in [4.78, 5) is 116. The Morgan fingerprint density at radius 1 is 1.00 bits per heavy atom. The highest BCUT2D eigenvalue weighted by Gasteiger charge is 2.38. The molecule has 5 amide bonds. The second kappa shape index (κ2) is 23.9. The molecule has 22 heteroatoms. The van der Waals surface area contributed by atoms with E-state index >= 15 is 0 Å². The van der Waals surface area contributed by atoms with Gasteiger partial charge in [-0.05, 0) is 36.9 Å². The van der Waals surface area contributed by atoms with E-state index < -0.39 is 119 Å². The van der Waals surface area contributed by atoms with Gasteiger partial charge in [0.25, 0.3) is 0 Å². The number of thioether (sulfide) groups is 1. The molecule has 58 heavy (non-hydrogen) atoms. The van der Waals surface area contributed by atoms with E-state index in [9.17, 15) is 43.5 Å². The van der Waals surface area contributed by atoms with E-state index in [0.29, 0.717) is 12.1 Å². The van der Waals surface area contributed by atoms with Crippen molar-refractivity contribution in [2.45, 2.75) is 121 Å². The van der Waals surface area contributed by atoms with Crippen molar-refractivity contribution < 1.29 is 48.6 Å². The van der Waals surface area contributed by atoms with Gasteiger partial charge in [-0.2, -0.15) is 11.8 Å². The topological polar surface area (TPSA) is 356 Å². The van der Waals surface area contributed by atoms with Crippen molar-refractivity contribution in [3.05, 3.63) is 18.2 Å². The number of hydrogen-bond donors (Lipinski definition) is 11. The maximum atomic E-state index is 14.2. The van der Waals surface area contributed by atoms with E-state index in [2.05, 4.69) is 41.5 Å². The number of nitrogens with one attached hydrogen (secondary N) is 6. The number of nitrogens with two attached hydrogens (primary N) is 3. The van der Waals surface area contributed by atoms with Gasteiger partial charge in [0.2, 0.25) is 29.5 Å². The number of carbonyl (C=O) groups excluding carboxylic acids is 6. The molecule has 9 unspecified atom stereocenters. The lowest BCUT2D eigenvalue weighted by molar-refractivity contribution is -0.142. The lowest BCUT2D eigenvalue weighted by atomic mass is 9.87. The minimum Gasteiger partial charge on any atom is -0.481 e. The van der Waals surface area contributed by atoms with Gasteiger partial charge in [0.15, 0.2) is 11.7 Å². The van der Waals surface area contributed by atoms with Gasteiger partial charge in [0.1, 0.15) is 24.2 Å². The zero-order valence-electron chi connectivity index (χ0n) is 33.5. The maximum absolute atomic E-state index is 14.2. The number of carbonyl (C=O) groups is 8. The number of ketones is 1. The highest BCUT2D eigenvalue weighted by molar-refractivity contribution is 7.99. The average molecular weight is 838 g/mol. The first kappa shape index (κ1) is 48.9. The Labute approximate surface area is 341 Å². The Morgan fingerprint density at radius 3 is 2.26 bits per heavy atom. The fraction of sp³-hybridized carbons (Fsp3) is 0.667. The third-order valence-corrected chi connectivity index (χ3v) is 11.1. The SMILES string of the molecule is CCC(C)C1NC(=O)C(NC(=O)C(CC(=O)C(CCCN=C(N)N)NC(=O)C(N)CC(=O)O)C(C)C)C(C)SCCC(C(=O)O)NC(=O)C(Cc2cnc[nH]2)NC1=O. The number of carboxylic acids is 2. The van der Waals surface area contributed by atoms with Crippen LogP contribution in [-0.4, -0.2) is 127 Å². The number of guanidine groups is 1. The van der Waals surface area contributed by atoms with Crippen molar-refractivity contribution in [2.24, 2.45) is 39.9 Å². The van der Waals surface area contributed by atoms with Gasteiger partial charge in [-0.15, -0.1) is 0 Å². The van der Waals surface area contributed by atoms with Gasteiger partial charge in [0.05, 0.1) is 24.8 Å². The van der Waals surface area contributed by atoms with E-state index in [1.165, 1.54) is 24.3 Å². The molecule has 1 aliphatic rings. The van der Waals surface area contributed by atoms with E-state index in [1.807, 2.05) is 0 Å². The normalized spacial score (nSPS) is 22.7. The number of imidazole rings is 1. The van der Waals surface area contributed by atoms with Gasteiger partial charge < -0.3 is 59.0 Å². The van der Waals surface area contributed by atoms with Crippen molar-refractivity contribution in [1.29, 1.82) is 0 Å². The number of rotatable bonds is 19. The Kier molecular flexibility index (Phi) is 20.1. The van der Waals surface area contributed by atoms with Crippen LogP contribution >= 0.6 is 11.8 Å². The van der Waals surface area contributed by atoms with Gasteiger partial charge in [0, 0.05) is 42.4 Å². The first-order chi connectivity index (χ1) is 27.2. The summed E-state index contributed by atoms with van der Waals surface area (Å²) in [5, 5.41) is 31.6. The standard InChI is InChI=1S/C36H59N11O10S/c1-6-18(4)28-33(54)45-25(12-20-15-40-16-42-20)32(53)44-24(35(56)57)9-11-58-19(5)29(34(55)46-28)47-30(51)21(17(2)3)13-26(48)23(8-7-10-41-36(38)39)43-31(52)22(37)14-27(49)50/h15-19,21-25,28-29H,6-14,37H2,1-5H3,(H,40,42)(H,43,52)(H,44,53)(H,45,54)(H,46,55)(H,47,51)(H,49,50)(H,56,57)(H4,38,39,41). The molecule has 0 aliphatic carbocycles. The van der Waals surface area contributed by atoms with Crippen LogP contribution in [0.2, 0.25) is 0 Å². The minimum atomic E-state index is -1.45. The second-order valence-corrected chi connectivity index (χ2v) is 16.2. The Bertz CT molecular complexity index is 1620. The molecule has 0 radical (unpaired) electrons. The first-order valence-corrected chi connectivity index (χ1v) is 20.2. The number of amides is 5. The third kappa shape index (κ3) is 15.9. The molecule has 324 valence electrons. The smallest absolute Gasteiger partial charge is 0.326 e. The number of hydrogen-bond acceptors (Lipinski definition) is 12. The second-order valence-electron chi connectivity index (χ2n) is 14.7. The van der Waals surface area contributed by atoms with E-state index in [0.717, 1.165) is 0 Å². The van der Waals surface area contributed by atoms with Crippen molar-refractivity contribution in [2.75, 3.05) is 12.3 Å². The molecule has 1 aromatic heterocycles. The van der Waals surface area contributed by atoms with Crippen LogP contribution in [-0.2, 0) is 44.8 Å². The molecule has 1 aliphatic heterocycles. The predicted octanol–water partition coefficient (Wildman–Crippen LogP) is -1.88. The molecule has 1 aromatic rings. The number of aliphatic carboxylic acids is 2. The van der Waals surface area contributed by atoms with Gasteiger partial charge in [-0.1, -0.05) is 41.0 Å².